The van der Waals surface area contributed by atoms with Crippen LogP contribution in [0.4, 0.5) is 10.1 Å². The lowest BCUT2D eigenvalue weighted by Gasteiger charge is -2.48. The van der Waals surface area contributed by atoms with Gasteiger partial charge in [-0.1, -0.05) is 24.2 Å². The summed E-state index contributed by atoms with van der Waals surface area (Å²) < 4.78 is 24.2. The first-order chi connectivity index (χ1) is 19.2. The molecule has 0 radical (unpaired) electrons. The summed E-state index contributed by atoms with van der Waals surface area (Å²) in [6, 6.07) is 5.30. The lowest BCUT2D eigenvalue weighted by molar-refractivity contribution is -0.129. The second-order valence-corrected chi connectivity index (χ2v) is 11.6. The third-order valence-corrected chi connectivity index (χ3v) is 8.98. The van der Waals surface area contributed by atoms with Gasteiger partial charge < -0.3 is 19.1 Å². The highest BCUT2D eigenvalue weighted by Crippen LogP contribution is 2.49. The summed E-state index contributed by atoms with van der Waals surface area (Å²) in [5.74, 6) is -0.191. The number of nitrogens with zero attached hydrogens (tertiary/aromatic N) is 4. The number of aromatic amines is 1. The Hall–Kier alpha value is -3.85. The molecule has 2 fully saturated rings. The van der Waals surface area contributed by atoms with Gasteiger partial charge in [-0.3, -0.25) is 14.7 Å². The highest BCUT2D eigenvalue weighted by molar-refractivity contribution is 6.35. The molecule has 0 spiro atoms. The molecular weight excluding hydrogens is 533 g/mol. The molecule has 2 aromatic carbocycles. The van der Waals surface area contributed by atoms with E-state index < -0.39 is 11.4 Å². The van der Waals surface area contributed by atoms with Crippen LogP contribution in [0, 0.1) is 12.7 Å². The number of ether oxygens (including phenoxy) is 1. The van der Waals surface area contributed by atoms with Crippen molar-refractivity contribution in [2.45, 2.75) is 44.7 Å². The molecule has 2 aromatic heterocycles. The summed E-state index contributed by atoms with van der Waals surface area (Å²) in [6.07, 6.45) is 3.41. The lowest BCUT2D eigenvalue weighted by atomic mass is 9.92. The molecule has 1 amide bonds. The van der Waals surface area contributed by atoms with Crippen LogP contribution in [0.1, 0.15) is 36.9 Å². The Kier molecular flexibility index (Phi) is 5.55. The molecule has 10 heteroatoms. The standard InChI is InChI=1S/C30H29ClFN5O3/c1-5-21(38)36-12-17-13-40-29-28(37(17)11-15(36)3)18-10-19(31)23(25(32)27(18)35(4)30(29)39)22-14(2)6-9-20-24(22)26(34-33-20)16-7-8-16/h5-6,9-10,15-17H,1,7-8,11-13H2,2-4H3,(H,33,34). The minimum absolute atomic E-state index is 0.145. The minimum Gasteiger partial charge on any atom is -0.484 e. The monoisotopic (exact) mass is 561 g/mol. The fourth-order valence-corrected chi connectivity index (χ4v) is 6.80. The zero-order valence-corrected chi connectivity index (χ0v) is 23.3. The molecule has 7 rings (SSSR count). The van der Waals surface area contributed by atoms with E-state index in [1.807, 2.05) is 26.0 Å². The van der Waals surface area contributed by atoms with Crippen molar-refractivity contribution < 1.29 is 13.9 Å². The molecule has 1 N–H and O–H groups in total. The van der Waals surface area contributed by atoms with Gasteiger partial charge in [-0.25, -0.2) is 4.39 Å². The second-order valence-electron chi connectivity index (χ2n) is 11.2. The van der Waals surface area contributed by atoms with Crippen molar-refractivity contribution >= 4 is 45.0 Å². The first-order valence-electron chi connectivity index (χ1n) is 13.6. The molecule has 1 saturated carbocycles. The Morgan fingerprint density at radius 3 is 2.77 bits per heavy atom. The van der Waals surface area contributed by atoms with Gasteiger partial charge in [0.05, 0.1) is 33.5 Å². The number of benzene rings is 2. The van der Waals surface area contributed by atoms with Gasteiger partial charge in [0, 0.05) is 54.0 Å². The van der Waals surface area contributed by atoms with E-state index in [1.54, 1.807) is 18.0 Å². The number of rotatable bonds is 3. The lowest BCUT2D eigenvalue weighted by Crippen LogP contribution is -2.62. The molecule has 2 atom stereocenters. The number of fused-ring (bicyclic) bond motifs is 6. The number of halogens is 2. The molecular formula is C30H29ClFN5O3. The number of aromatic nitrogens is 3. The Morgan fingerprint density at radius 1 is 1.27 bits per heavy atom. The molecule has 8 nitrogen and oxygen atoms in total. The fourth-order valence-electron chi connectivity index (χ4n) is 6.51. The van der Waals surface area contributed by atoms with E-state index in [0.717, 1.165) is 35.0 Å². The van der Waals surface area contributed by atoms with Crippen LogP contribution in [-0.2, 0) is 11.8 Å². The first kappa shape index (κ1) is 25.1. The van der Waals surface area contributed by atoms with Crippen molar-refractivity contribution in [1.29, 1.82) is 0 Å². The van der Waals surface area contributed by atoms with Gasteiger partial charge in [-0.05, 0) is 50.5 Å². The molecule has 2 aliphatic heterocycles. The van der Waals surface area contributed by atoms with Crippen molar-refractivity contribution in [1.82, 2.24) is 19.7 Å². The van der Waals surface area contributed by atoms with Gasteiger partial charge in [0.15, 0.2) is 5.82 Å². The zero-order chi connectivity index (χ0) is 28.0. The quantitative estimate of drug-likeness (QED) is 0.354. The molecule has 1 aliphatic carbocycles. The van der Waals surface area contributed by atoms with Crippen molar-refractivity contribution in [3.8, 4) is 16.9 Å². The van der Waals surface area contributed by atoms with Crippen molar-refractivity contribution in [3.05, 3.63) is 63.3 Å². The van der Waals surface area contributed by atoms with E-state index in [1.165, 1.54) is 10.6 Å². The van der Waals surface area contributed by atoms with Crippen LogP contribution in [0.15, 0.2) is 35.6 Å². The van der Waals surface area contributed by atoms with Crippen LogP contribution in [0.2, 0.25) is 5.02 Å². The third-order valence-electron chi connectivity index (χ3n) is 8.68. The van der Waals surface area contributed by atoms with Gasteiger partial charge in [0.1, 0.15) is 6.61 Å². The predicted octanol–water partition coefficient (Wildman–Crippen LogP) is 5.04. The van der Waals surface area contributed by atoms with E-state index in [2.05, 4.69) is 21.7 Å². The summed E-state index contributed by atoms with van der Waals surface area (Å²) >= 11 is 6.97. The van der Waals surface area contributed by atoms with E-state index in [-0.39, 0.29) is 46.5 Å². The molecule has 40 heavy (non-hydrogen) atoms. The van der Waals surface area contributed by atoms with Gasteiger partial charge in [-0.15, -0.1) is 0 Å². The number of pyridine rings is 1. The summed E-state index contributed by atoms with van der Waals surface area (Å²) in [5, 5.41) is 9.31. The topological polar surface area (TPSA) is 83.5 Å². The molecule has 2 unspecified atom stereocenters. The number of hydrogen-bond donors (Lipinski definition) is 1. The van der Waals surface area contributed by atoms with Crippen molar-refractivity contribution in [2.24, 2.45) is 7.05 Å². The Labute approximate surface area is 235 Å². The van der Waals surface area contributed by atoms with Crippen LogP contribution in [-0.4, -0.2) is 57.4 Å². The smallest absolute Gasteiger partial charge is 0.295 e. The number of H-pyrrole nitrogens is 1. The van der Waals surface area contributed by atoms with Gasteiger partial charge in [0.25, 0.3) is 5.56 Å². The summed E-state index contributed by atoms with van der Waals surface area (Å²) in [7, 11) is 1.56. The number of aryl methyl sites for hydroxylation is 2. The SMILES string of the molecule is C=CC(=O)N1CC2COc3c(c4cc(Cl)c(-c5c(C)ccc6[nH]nc(C7CC7)c56)c(F)c4n(C)c3=O)N2CC1C. The second kappa shape index (κ2) is 8.83. The van der Waals surface area contributed by atoms with E-state index in [4.69, 9.17) is 16.3 Å². The summed E-state index contributed by atoms with van der Waals surface area (Å²) in [6.45, 7) is 8.62. The van der Waals surface area contributed by atoms with Crippen molar-refractivity contribution in [2.75, 3.05) is 24.6 Å². The molecule has 4 heterocycles. The molecule has 3 aliphatic rings. The summed E-state index contributed by atoms with van der Waals surface area (Å²) in [4.78, 5) is 29.9. The highest BCUT2D eigenvalue weighted by Gasteiger charge is 2.40. The maximum atomic E-state index is 16.9. The van der Waals surface area contributed by atoms with Crippen LogP contribution >= 0.6 is 11.6 Å². The molecule has 0 bridgehead atoms. The van der Waals surface area contributed by atoms with Crippen LogP contribution in [0.5, 0.6) is 5.75 Å². The third kappa shape index (κ3) is 3.46. The van der Waals surface area contributed by atoms with E-state index >= 15 is 4.39 Å². The van der Waals surface area contributed by atoms with Crippen LogP contribution < -0.4 is 15.2 Å². The number of carbonyl (C=O) groups is 1. The number of nitrogens with one attached hydrogen (secondary N) is 1. The van der Waals surface area contributed by atoms with Gasteiger partial charge in [0.2, 0.25) is 11.7 Å². The first-order valence-corrected chi connectivity index (χ1v) is 13.9. The predicted molar refractivity (Wildman–Crippen MR) is 154 cm³/mol. The molecule has 1 saturated heterocycles. The van der Waals surface area contributed by atoms with Gasteiger partial charge >= 0.3 is 0 Å². The maximum Gasteiger partial charge on any atom is 0.295 e. The normalized spacial score (nSPS) is 20.4. The largest absolute Gasteiger partial charge is 0.484 e. The number of piperazine rings is 1. The average molecular weight is 562 g/mol. The van der Waals surface area contributed by atoms with E-state index in [9.17, 15) is 9.59 Å². The van der Waals surface area contributed by atoms with E-state index in [0.29, 0.717) is 35.6 Å². The van der Waals surface area contributed by atoms with Crippen LogP contribution in [0.25, 0.3) is 32.9 Å². The molecule has 206 valence electrons. The number of carbonyl (C=O) groups excluding carboxylic acids is 1. The Morgan fingerprint density at radius 2 is 2.05 bits per heavy atom. The average Bonchev–Trinajstić information content (AvgIpc) is 3.69. The highest BCUT2D eigenvalue weighted by atomic mass is 35.5. The van der Waals surface area contributed by atoms with Crippen molar-refractivity contribution in [3.63, 3.8) is 0 Å². The maximum absolute atomic E-state index is 16.9. The fraction of sp³-hybridized carbons (Fsp3) is 0.367. The zero-order valence-electron chi connectivity index (χ0n) is 22.6. The Bertz CT molecular complexity index is 1820. The van der Waals surface area contributed by atoms with Crippen LogP contribution in [0.3, 0.4) is 0 Å². The number of anilines is 1. The number of hydrogen-bond acceptors (Lipinski definition) is 5. The number of amides is 1. The molecule has 4 aromatic rings. The van der Waals surface area contributed by atoms with Gasteiger partial charge in [-0.2, -0.15) is 5.10 Å². The summed E-state index contributed by atoms with van der Waals surface area (Å²) in [5.41, 5.74) is 3.87. The Balaban J connectivity index is 1.48. The minimum atomic E-state index is -0.556.